The fraction of sp³-hybridized carbons (Fsp3) is 0.222. The Morgan fingerprint density at radius 3 is 3.00 bits per heavy atom. The summed E-state index contributed by atoms with van der Waals surface area (Å²) >= 11 is 4.64. The molecule has 0 spiro atoms. The number of aromatic amines is 1. The summed E-state index contributed by atoms with van der Waals surface area (Å²) in [6, 6.07) is 4.01. The number of thioether (sulfide) groups is 1. The highest BCUT2D eigenvalue weighted by Gasteiger charge is 2.19. The van der Waals surface area contributed by atoms with Crippen LogP contribution in [0, 0.1) is 6.92 Å². The van der Waals surface area contributed by atoms with Crippen LogP contribution in [0.3, 0.4) is 0 Å². The Morgan fingerprint density at radius 1 is 1.41 bits per heavy atom. The van der Waals surface area contributed by atoms with Gasteiger partial charge < -0.3 is 9.55 Å². The summed E-state index contributed by atoms with van der Waals surface area (Å²) in [5.74, 6) is 1.48. The number of hydrogen-bond donors (Lipinski definition) is 1. The Balaban J connectivity index is 1.68. The Kier molecular flexibility index (Phi) is 4.98. The predicted molar refractivity (Wildman–Crippen MR) is 113 cm³/mol. The number of allylic oxidation sites excluding steroid dienone is 1. The molecule has 0 saturated carbocycles. The van der Waals surface area contributed by atoms with Gasteiger partial charge >= 0.3 is 0 Å². The first-order valence-electron chi connectivity index (χ1n) is 8.31. The van der Waals surface area contributed by atoms with E-state index >= 15 is 0 Å². The molecule has 0 aliphatic carbocycles. The number of H-pyrrole nitrogens is 1. The predicted octanol–water partition coefficient (Wildman–Crippen LogP) is 4.65. The van der Waals surface area contributed by atoms with Gasteiger partial charge in [0.1, 0.15) is 16.5 Å². The van der Waals surface area contributed by atoms with E-state index in [0.717, 1.165) is 26.3 Å². The number of rotatable bonds is 6. The second kappa shape index (κ2) is 7.41. The first kappa shape index (κ1) is 18.1. The first-order chi connectivity index (χ1) is 13.1. The smallest absolute Gasteiger partial charge is 0.260 e. The molecule has 4 heterocycles. The van der Waals surface area contributed by atoms with Gasteiger partial charge in [0.15, 0.2) is 5.16 Å². The number of fused-ring (bicyclic) bond motifs is 1. The van der Waals surface area contributed by atoms with Crippen LogP contribution in [0.4, 0.5) is 0 Å². The highest BCUT2D eigenvalue weighted by atomic mass is 32.2. The second-order valence-electron chi connectivity index (χ2n) is 5.95. The molecule has 0 unspecified atom stereocenters. The van der Waals surface area contributed by atoms with Crippen LogP contribution in [0.2, 0.25) is 0 Å². The summed E-state index contributed by atoms with van der Waals surface area (Å²) in [7, 11) is 0. The minimum absolute atomic E-state index is 0.0680. The molecular weight excluding hydrogens is 398 g/mol. The lowest BCUT2D eigenvalue weighted by Crippen LogP contribution is -2.12. The van der Waals surface area contributed by atoms with Crippen molar-refractivity contribution < 1.29 is 0 Å². The summed E-state index contributed by atoms with van der Waals surface area (Å²) in [5, 5.41) is 13.8. The largest absolute Gasteiger partial charge is 0.309 e. The van der Waals surface area contributed by atoms with Crippen molar-refractivity contribution in [2.24, 2.45) is 0 Å². The van der Waals surface area contributed by atoms with E-state index < -0.39 is 0 Å². The van der Waals surface area contributed by atoms with Crippen LogP contribution in [0.1, 0.15) is 23.8 Å². The maximum atomic E-state index is 12.8. The van der Waals surface area contributed by atoms with E-state index in [9.17, 15) is 4.79 Å². The van der Waals surface area contributed by atoms with Crippen molar-refractivity contribution in [2.45, 2.75) is 30.8 Å². The van der Waals surface area contributed by atoms with Crippen LogP contribution < -0.4 is 5.56 Å². The molecule has 1 atom stereocenters. The molecule has 0 amide bonds. The van der Waals surface area contributed by atoms with E-state index in [-0.39, 0.29) is 10.8 Å². The summed E-state index contributed by atoms with van der Waals surface area (Å²) in [4.78, 5) is 22.3. The van der Waals surface area contributed by atoms with Crippen LogP contribution >= 0.6 is 34.4 Å². The highest BCUT2D eigenvalue weighted by Crippen LogP contribution is 2.36. The summed E-state index contributed by atoms with van der Waals surface area (Å²) in [5.41, 5.74) is 0.850. The zero-order chi connectivity index (χ0) is 19.0. The molecule has 0 bridgehead atoms. The Bertz CT molecular complexity index is 1160. The number of nitrogens with zero attached hydrogens (tertiary/aromatic N) is 4. The zero-order valence-corrected chi connectivity index (χ0v) is 17.2. The van der Waals surface area contributed by atoms with Crippen molar-refractivity contribution in [2.75, 3.05) is 0 Å². The van der Waals surface area contributed by atoms with Gasteiger partial charge in [-0.1, -0.05) is 23.9 Å². The third-order valence-electron chi connectivity index (χ3n) is 4.13. The Morgan fingerprint density at radius 2 is 2.26 bits per heavy atom. The molecule has 6 nitrogen and oxygen atoms in total. The normalized spacial score (nSPS) is 12.5. The van der Waals surface area contributed by atoms with Crippen LogP contribution in [0.15, 0.2) is 45.5 Å². The molecule has 9 heteroatoms. The number of aromatic nitrogens is 5. The van der Waals surface area contributed by atoms with E-state index in [4.69, 9.17) is 4.98 Å². The van der Waals surface area contributed by atoms with Gasteiger partial charge in [0.2, 0.25) is 0 Å². The average molecular weight is 416 g/mol. The molecule has 4 aromatic heterocycles. The molecule has 0 aliphatic rings. The van der Waals surface area contributed by atoms with Gasteiger partial charge in [-0.05, 0) is 25.3 Å². The average Bonchev–Trinajstić information content (AvgIpc) is 3.37. The van der Waals surface area contributed by atoms with Crippen LogP contribution in [0.25, 0.3) is 20.7 Å². The molecule has 27 heavy (non-hydrogen) atoms. The van der Waals surface area contributed by atoms with Crippen molar-refractivity contribution in [1.82, 2.24) is 24.7 Å². The highest BCUT2D eigenvalue weighted by molar-refractivity contribution is 7.99. The molecule has 0 aromatic carbocycles. The molecule has 1 N–H and O–H groups in total. The zero-order valence-electron chi connectivity index (χ0n) is 14.8. The standard InChI is InChI=1S/C18H17N5OS3/c1-4-7-23-11(3)21-22-18(23)27-10(2)15-19-16(24)14-12(9-26-17(14)20-15)13-6-5-8-25-13/h4-6,8-10H,1,7H2,2-3H3,(H,19,20,24)/t10-/m0/s1. The molecule has 4 aromatic rings. The van der Waals surface area contributed by atoms with Gasteiger partial charge in [-0.3, -0.25) is 4.79 Å². The molecule has 0 fully saturated rings. The summed E-state index contributed by atoms with van der Waals surface area (Å²) < 4.78 is 1.99. The maximum absolute atomic E-state index is 12.8. The van der Waals surface area contributed by atoms with Gasteiger partial charge in [0.05, 0.1) is 10.6 Å². The van der Waals surface area contributed by atoms with E-state index in [1.54, 1.807) is 11.3 Å². The molecular formula is C18H17N5OS3. The number of hydrogen-bond acceptors (Lipinski definition) is 7. The van der Waals surface area contributed by atoms with Crippen LogP contribution in [-0.4, -0.2) is 24.7 Å². The molecule has 138 valence electrons. The van der Waals surface area contributed by atoms with Crippen molar-refractivity contribution in [3.63, 3.8) is 0 Å². The van der Waals surface area contributed by atoms with E-state index in [1.807, 2.05) is 47.4 Å². The van der Waals surface area contributed by atoms with Gasteiger partial charge in [0.25, 0.3) is 5.56 Å². The van der Waals surface area contributed by atoms with E-state index in [0.29, 0.717) is 17.8 Å². The van der Waals surface area contributed by atoms with Crippen molar-refractivity contribution in [3.8, 4) is 10.4 Å². The number of nitrogens with one attached hydrogen (secondary N) is 1. The molecule has 0 radical (unpaired) electrons. The van der Waals surface area contributed by atoms with Crippen molar-refractivity contribution in [1.29, 1.82) is 0 Å². The third kappa shape index (κ3) is 3.38. The Labute approximate surface area is 168 Å². The summed E-state index contributed by atoms with van der Waals surface area (Å²) in [6.45, 7) is 8.34. The van der Waals surface area contributed by atoms with Crippen LogP contribution in [0.5, 0.6) is 0 Å². The lowest BCUT2D eigenvalue weighted by atomic mass is 10.2. The molecule has 0 saturated heterocycles. The molecule has 0 aliphatic heterocycles. The van der Waals surface area contributed by atoms with Crippen LogP contribution in [-0.2, 0) is 6.54 Å². The van der Waals surface area contributed by atoms with Gasteiger partial charge in [0, 0.05) is 22.4 Å². The first-order valence-corrected chi connectivity index (χ1v) is 10.9. The second-order valence-corrected chi connectivity index (χ2v) is 9.06. The minimum Gasteiger partial charge on any atom is -0.309 e. The minimum atomic E-state index is -0.101. The quantitative estimate of drug-likeness (QED) is 0.366. The van der Waals surface area contributed by atoms with Crippen molar-refractivity contribution in [3.05, 3.63) is 57.6 Å². The molecule has 4 rings (SSSR count). The van der Waals surface area contributed by atoms with E-state index in [2.05, 4.69) is 21.8 Å². The fourth-order valence-electron chi connectivity index (χ4n) is 2.77. The number of thiophene rings is 2. The topological polar surface area (TPSA) is 76.5 Å². The van der Waals surface area contributed by atoms with Crippen molar-refractivity contribution >= 4 is 44.7 Å². The van der Waals surface area contributed by atoms with Gasteiger partial charge in [-0.2, -0.15) is 0 Å². The maximum Gasteiger partial charge on any atom is 0.260 e. The Hall–Kier alpha value is -2.23. The lowest BCUT2D eigenvalue weighted by molar-refractivity contribution is 0.701. The number of aryl methyl sites for hydroxylation is 1. The van der Waals surface area contributed by atoms with Gasteiger partial charge in [-0.15, -0.1) is 39.4 Å². The monoisotopic (exact) mass is 415 g/mol. The van der Waals surface area contributed by atoms with Gasteiger partial charge in [-0.25, -0.2) is 4.98 Å². The summed E-state index contributed by atoms with van der Waals surface area (Å²) in [6.07, 6.45) is 1.81. The SMILES string of the molecule is C=CCn1c(C)nnc1S[C@@H](C)c1nc2scc(-c3cccs3)c2c(=O)[nH]1. The van der Waals surface area contributed by atoms with E-state index in [1.165, 1.54) is 23.1 Å². The fourth-order valence-corrected chi connectivity index (χ4v) is 5.50. The lowest BCUT2D eigenvalue weighted by Gasteiger charge is -2.11. The third-order valence-corrected chi connectivity index (χ3v) is 6.99.